The maximum Gasteiger partial charge on any atom is 0.241 e. The second-order valence-electron chi connectivity index (χ2n) is 6.64. The third-order valence-electron chi connectivity index (χ3n) is 4.73. The summed E-state index contributed by atoms with van der Waals surface area (Å²) < 4.78 is 6.12. The standard InChI is InChI=1S/C16H30N4O2/c1-17-15(18-12-14(21)20(2)3)19-13-7-10-22-16(11-13)8-5-4-6-9-16/h13H,4-12H2,1-3H3,(H2,17,18,19). The van der Waals surface area contributed by atoms with Crippen molar-refractivity contribution in [1.82, 2.24) is 15.5 Å². The third-order valence-corrected chi connectivity index (χ3v) is 4.73. The molecule has 1 saturated heterocycles. The summed E-state index contributed by atoms with van der Waals surface area (Å²) in [7, 11) is 5.25. The van der Waals surface area contributed by atoms with Crippen molar-refractivity contribution in [3.63, 3.8) is 0 Å². The number of nitrogens with one attached hydrogen (secondary N) is 2. The van der Waals surface area contributed by atoms with E-state index in [1.54, 1.807) is 26.0 Å². The number of ether oxygens (including phenoxy) is 1. The Labute approximate surface area is 133 Å². The van der Waals surface area contributed by atoms with E-state index >= 15 is 0 Å². The number of likely N-dealkylation sites (N-methyl/N-ethyl adjacent to an activating group) is 1. The quantitative estimate of drug-likeness (QED) is 0.606. The molecule has 1 atom stereocenters. The lowest BCUT2D eigenvalue weighted by molar-refractivity contribution is -0.127. The average molecular weight is 310 g/mol. The van der Waals surface area contributed by atoms with Crippen molar-refractivity contribution in [3.8, 4) is 0 Å². The van der Waals surface area contributed by atoms with Gasteiger partial charge in [-0.25, -0.2) is 0 Å². The Kier molecular flexibility index (Phi) is 6.06. The first-order chi connectivity index (χ1) is 10.5. The largest absolute Gasteiger partial charge is 0.375 e. The minimum Gasteiger partial charge on any atom is -0.375 e. The van der Waals surface area contributed by atoms with E-state index in [1.165, 1.54) is 32.1 Å². The van der Waals surface area contributed by atoms with Gasteiger partial charge in [0.25, 0.3) is 0 Å². The minimum atomic E-state index is 0.0404. The topological polar surface area (TPSA) is 66.0 Å². The fourth-order valence-corrected chi connectivity index (χ4v) is 3.40. The minimum absolute atomic E-state index is 0.0404. The first kappa shape index (κ1) is 17.1. The van der Waals surface area contributed by atoms with Crippen LogP contribution in [0.4, 0.5) is 0 Å². The third kappa shape index (κ3) is 4.60. The lowest BCUT2D eigenvalue weighted by Crippen LogP contribution is -2.52. The smallest absolute Gasteiger partial charge is 0.241 e. The molecule has 0 bridgehead atoms. The molecule has 2 rings (SSSR count). The Morgan fingerprint density at radius 2 is 2.05 bits per heavy atom. The van der Waals surface area contributed by atoms with Gasteiger partial charge in [0.05, 0.1) is 12.1 Å². The van der Waals surface area contributed by atoms with E-state index in [0.717, 1.165) is 19.4 Å². The van der Waals surface area contributed by atoms with Gasteiger partial charge in [0, 0.05) is 33.8 Å². The molecule has 1 amide bonds. The zero-order valence-corrected chi connectivity index (χ0v) is 14.2. The highest BCUT2D eigenvalue weighted by Gasteiger charge is 2.38. The number of carbonyl (C=O) groups excluding carboxylic acids is 1. The molecule has 0 aromatic carbocycles. The number of rotatable bonds is 3. The molecule has 1 spiro atoms. The van der Waals surface area contributed by atoms with Gasteiger partial charge in [0.1, 0.15) is 0 Å². The Morgan fingerprint density at radius 3 is 2.68 bits per heavy atom. The van der Waals surface area contributed by atoms with Gasteiger partial charge in [-0.2, -0.15) is 0 Å². The van der Waals surface area contributed by atoms with Crippen LogP contribution in [0.3, 0.4) is 0 Å². The van der Waals surface area contributed by atoms with Crippen LogP contribution in [-0.2, 0) is 9.53 Å². The van der Waals surface area contributed by atoms with Crippen LogP contribution < -0.4 is 10.6 Å². The van der Waals surface area contributed by atoms with E-state index in [0.29, 0.717) is 12.0 Å². The van der Waals surface area contributed by atoms with Crippen LogP contribution in [0, 0.1) is 0 Å². The summed E-state index contributed by atoms with van der Waals surface area (Å²) >= 11 is 0. The van der Waals surface area contributed by atoms with E-state index in [2.05, 4.69) is 15.6 Å². The van der Waals surface area contributed by atoms with Crippen LogP contribution in [0.1, 0.15) is 44.9 Å². The molecule has 1 aliphatic heterocycles. The molecule has 1 saturated carbocycles. The first-order valence-electron chi connectivity index (χ1n) is 8.36. The number of amides is 1. The van der Waals surface area contributed by atoms with E-state index < -0.39 is 0 Å². The van der Waals surface area contributed by atoms with Gasteiger partial charge < -0.3 is 20.3 Å². The molecule has 0 aromatic rings. The average Bonchev–Trinajstić information content (AvgIpc) is 2.51. The van der Waals surface area contributed by atoms with Gasteiger partial charge >= 0.3 is 0 Å². The zero-order valence-electron chi connectivity index (χ0n) is 14.2. The van der Waals surface area contributed by atoms with Crippen LogP contribution in [0.15, 0.2) is 4.99 Å². The Hall–Kier alpha value is -1.30. The molecule has 2 aliphatic rings. The van der Waals surface area contributed by atoms with Gasteiger partial charge in [-0.05, 0) is 25.7 Å². The molecule has 2 fully saturated rings. The second-order valence-corrected chi connectivity index (χ2v) is 6.64. The number of aliphatic imine (C=N–C) groups is 1. The highest BCUT2D eigenvalue weighted by atomic mass is 16.5. The van der Waals surface area contributed by atoms with E-state index in [1.807, 2.05) is 0 Å². The van der Waals surface area contributed by atoms with E-state index in [9.17, 15) is 4.79 Å². The lowest BCUT2D eigenvalue weighted by Gasteiger charge is -2.43. The number of hydrogen-bond donors (Lipinski definition) is 2. The van der Waals surface area contributed by atoms with E-state index in [-0.39, 0.29) is 18.1 Å². The number of hydrogen-bond acceptors (Lipinski definition) is 3. The van der Waals surface area contributed by atoms with Crippen LogP contribution in [0.5, 0.6) is 0 Å². The molecule has 2 N–H and O–H groups in total. The first-order valence-corrected chi connectivity index (χ1v) is 8.36. The van der Waals surface area contributed by atoms with Crippen molar-refractivity contribution in [2.24, 2.45) is 4.99 Å². The predicted octanol–water partition coefficient (Wildman–Crippen LogP) is 1.12. The molecule has 22 heavy (non-hydrogen) atoms. The van der Waals surface area contributed by atoms with Crippen LogP contribution in [0.25, 0.3) is 0 Å². The van der Waals surface area contributed by atoms with Crippen molar-refractivity contribution in [3.05, 3.63) is 0 Å². The predicted molar refractivity (Wildman–Crippen MR) is 88.0 cm³/mol. The van der Waals surface area contributed by atoms with Crippen LogP contribution >= 0.6 is 0 Å². The molecule has 126 valence electrons. The van der Waals surface area contributed by atoms with Gasteiger partial charge in [0.2, 0.25) is 5.91 Å². The monoisotopic (exact) mass is 310 g/mol. The summed E-state index contributed by atoms with van der Waals surface area (Å²) in [5.74, 6) is 0.742. The molecular formula is C16H30N4O2. The SMILES string of the molecule is CN=C(NCC(=O)N(C)C)NC1CCOC2(CCCCC2)C1. The molecular weight excluding hydrogens is 280 g/mol. The highest BCUT2D eigenvalue weighted by Crippen LogP contribution is 2.38. The van der Waals surface area contributed by atoms with Crippen LogP contribution in [0.2, 0.25) is 0 Å². The van der Waals surface area contributed by atoms with Gasteiger partial charge in [-0.3, -0.25) is 9.79 Å². The summed E-state index contributed by atoms with van der Waals surface area (Å²) in [6.07, 6.45) is 8.26. The zero-order chi connectivity index (χ0) is 16.0. The molecule has 1 unspecified atom stereocenters. The Bertz CT molecular complexity index is 397. The van der Waals surface area contributed by atoms with Crippen molar-refractivity contribution in [2.45, 2.75) is 56.6 Å². The van der Waals surface area contributed by atoms with Crippen molar-refractivity contribution in [1.29, 1.82) is 0 Å². The van der Waals surface area contributed by atoms with Crippen LogP contribution in [-0.4, -0.2) is 62.7 Å². The molecule has 0 aromatic heterocycles. The van der Waals surface area contributed by atoms with Gasteiger partial charge in [0.15, 0.2) is 5.96 Å². The maximum absolute atomic E-state index is 11.7. The highest BCUT2D eigenvalue weighted by molar-refractivity contribution is 5.86. The summed E-state index contributed by atoms with van der Waals surface area (Å²) in [4.78, 5) is 17.5. The lowest BCUT2D eigenvalue weighted by atomic mass is 9.78. The number of nitrogens with zero attached hydrogens (tertiary/aromatic N) is 2. The Morgan fingerprint density at radius 1 is 1.32 bits per heavy atom. The molecule has 0 radical (unpaired) electrons. The fraction of sp³-hybridized carbons (Fsp3) is 0.875. The summed E-state index contributed by atoms with van der Waals surface area (Å²) in [5.41, 5.74) is 0.0759. The van der Waals surface area contributed by atoms with Crippen molar-refractivity contribution in [2.75, 3.05) is 34.3 Å². The molecule has 1 aliphatic carbocycles. The van der Waals surface area contributed by atoms with Gasteiger partial charge in [-0.15, -0.1) is 0 Å². The Balaban J connectivity index is 1.84. The van der Waals surface area contributed by atoms with E-state index in [4.69, 9.17) is 4.74 Å². The molecule has 1 heterocycles. The summed E-state index contributed by atoms with van der Waals surface area (Å²) in [5, 5.41) is 6.56. The molecule has 6 nitrogen and oxygen atoms in total. The summed E-state index contributed by atoms with van der Waals surface area (Å²) in [6, 6.07) is 0.368. The normalized spacial score (nSPS) is 24.9. The molecule has 6 heteroatoms. The fourth-order valence-electron chi connectivity index (χ4n) is 3.40. The summed E-state index contributed by atoms with van der Waals surface area (Å²) in [6.45, 7) is 1.08. The van der Waals surface area contributed by atoms with Gasteiger partial charge in [-0.1, -0.05) is 19.3 Å². The van der Waals surface area contributed by atoms with Crippen molar-refractivity contribution >= 4 is 11.9 Å². The number of guanidine groups is 1. The van der Waals surface area contributed by atoms with Crippen molar-refractivity contribution < 1.29 is 9.53 Å². The number of carbonyl (C=O) groups is 1. The second kappa shape index (κ2) is 7.81. The maximum atomic E-state index is 11.7.